The van der Waals surface area contributed by atoms with Gasteiger partial charge in [-0.25, -0.2) is 4.39 Å². The second-order valence-electron chi connectivity index (χ2n) is 26.4. The summed E-state index contributed by atoms with van der Waals surface area (Å²) < 4.78 is 29.3. The van der Waals surface area contributed by atoms with Crippen molar-refractivity contribution in [2.75, 3.05) is 98.3 Å². The second-order valence-corrected chi connectivity index (χ2v) is 27.2. The van der Waals surface area contributed by atoms with Gasteiger partial charge in [0.1, 0.15) is 31.0 Å². The zero-order valence-corrected chi connectivity index (χ0v) is 50.9. The van der Waals surface area contributed by atoms with Gasteiger partial charge in [0.05, 0.1) is 69.8 Å². The average molecular weight is 1210 g/mol. The van der Waals surface area contributed by atoms with Gasteiger partial charge in [-0.05, 0) is 137 Å². The second kappa shape index (κ2) is 22.1. The minimum Gasteiger partial charge on any atom is -0.461 e. The molecule has 6 aromatic rings. The maximum Gasteiger partial charge on any atom is 0.318 e. The van der Waals surface area contributed by atoms with Gasteiger partial charge < -0.3 is 38.9 Å². The predicted molar refractivity (Wildman–Crippen MR) is 338 cm³/mol. The van der Waals surface area contributed by atoms with E-state index in [9.17, 15) is 9.59 Å². The van der Waals surface area contributed by atoms with E-state index in [1.807, 2.05) is 29.2 Å². The van der Waals surface area contributed by atoms with Crippen molar-refractivity contribution < 1.29 is 23.5 Å². The zero-order valence-electron chi connectivity index (χ0n) is 49.3. The van der Waals surface area contributed by atoms with Gasteiger partial charge in [-0.2, -0.15) is 19.9 Å². The Hall–Kier alpha value is -6.79. The minimum atomic E-state index is -0.992. The van der Waals surface area contributed by atoms with Crippen molar-refractivity contribution in [2.45, 2.75) is 132 Å². The Balaban J connectivity index is 0.629. The molecule has 452 valence electrons. The molecule has 8 saturated heterocycles. The number of carbonyl (C=O) groups is 2. The number of likely N-dealkylation sites (tertiary alicyclic amines) is 2. The fourth-order valence-electron chi connectivity index (χ4n) is 17.9. The molecule has 4 aromatic carbocycles. The van der Waals surface area contributed by atoms with Gasteiger partial charge in [0.15, 0.2) is 0 Å². The number of amides is 2. The third-order valence-corrected chi connectivity index (χ3v) is 22.5. The van der Waals surface area contributed by atoms with Crippen LogP contribution in [-0.4, -0.2) is 171 Å². The Morgan fingerprint density at radius 3 is 1.67 bits per heavy atom. The fourth-order valence-corrected chi connectivity index (χ4v) is 18.5. The molecule has 0 bridgehead atoms. The summed E-state index contributed by atoms with van der Waals surface area (Å²) in [7, 11) is 0. The summed E-state index contributed by atoms with van der Waals surface area (Å²) in [6.07, 6.45) is 14.9. The largest absolute Gasteiger partial charge is 0.461 e. The number of aromatic nitrogens is 4. The third-order valence-electron chi connectivity index (χ3n) is 21.9. The molecule has 1 unspecified atom stereocenters. The Labute approximate surface area is 517 Å². The molecule has 87 heavy (non-hydrogen) atoms. The first-order chi connectivity index (χ1) is 42.5. The molecule has 16 rings (SSSR count). The molecule has 2 aromatic heterocycles. The number of halogens is 3. The van der Waals surface area contributed by atoms with Gasteiger partial charge in [-0.15, -0.1) is 0 Å². The molecule has 19 heteroatoms. The van der Waals surface area contributed by atoms with E-state index in [0.29, 0.717) is 69.8 Å². The molecule has 8 fully saturated rings. The highest BCUT2D eigenvalue weighted by Gasteiger charge is 2.53. The van der Waals surface area contributed by atoms with Crippen LogP contribution in [0.5, 0.6) is 12.0 Å². The quantitative estimate of drug-likeness (QED) is 0.102. The number of rotatable bonds is 13. The van der Waals surface area contributed by atoms with E-state index in [2.05, 4.69) is 95.5 Å². The highest BCUT2D eigenvalue weighted by atomic mass is 35.5. The SMILES string of the molecule is C=CC(=O)N1CC[C@H]2[C@@H]1CCN2c1nc(OC[C@@]23CC(/C=C/C(=O)N4CC[C@H]5[C@H]4CCN5c4nc(OCC56CCCN5CCC6)nc5c4CCN(c4cccc6cccc(Cl)c46)C5)CN2C[C@H](F)C3)nc2c1CCN(c1cccc3cccc(Cl)c13)C2. The number of benzene rings is 4. The summed E-state index contributed by atoms with van der Waals surface area (Å²) in [5.41, 5.74) is 5.79. The Bertz CT molecular complexity index is 3760. The van der Waals surface area contributed by atoms with Crippen LogP contribution in [0.4, 0.5) is 27.4 Å². The van der Waals surface area contributed by atoms with Gasteiger partial charge in [-0.1, -0.05) is 84.4 Å². The first kappa shape index (κ1) is 55.5. The minimum absolute atomic E-state index is 0.0262. The van der Waals surface area contributed by atoms with Crippen LogP contribution in [0.3, 0.4) is 0 Å². The van der Waals surface area contributed by atoms with E-state index in [0.717, 1.165) is 157 Å². The third kappa shape index (κ3) is 9.56. The van der Waals surface area contributed by atoms with Crippen molar-refractivity contribution in [1.29, 1.82) is 0 Å². The Morgan fingerprint density at radius 2 is 1.11 bits per heavy atom. The van der Waals surface area contributed by atoms with Crippen molar-refractivity contribution >= 4 is 79.6 Å². The van der Waals surface area contributed by atoms with Crippen LogP contribution in [0.25, 0.3) is 21.5 Å². The smallest absolute Gasteiger partial charge is 0.318 e. The molecular weight excluding hydrogens is 1140 g/mol. The lowest BCUT2D eigenvalue weighted by Crippen LogP contribution is -2.44. The first-order valence-electron chi connectivity index (χ1n) is 32.0. The van der Waals surface area contributed by atoms with Crippen molar-refractivity contribution in [3.8, 4) is 12.0 Å². The number of ether oxygens (including phenoxy) is 2. The number of anilines is 4. The highest BCUT2D eigenvalue weighted by Crippen LogP contribution is 2.47. The summed E-state index contributed by atoms with van der Waals surface area (Å²) in [4.78, 5) is 67.1. The molecule has 2 amide bonds. The van der Waals surface area contributed by atoms with Crippen molar-refractivity contribution in [2.24, 2.45) is 5.92 Å². The zero-order chi connectivity index (χ0) is 58.7. The van der Waals surface area contributed by atoms with E-state index in [1.54, 1.807) is 6.08 Å². The monoisotopic (exact) mass is 1210 g/mol. The summed E-state index contributed by atoms with van der Waals surface area (Å²) in [5, 5.41) is 5.72. The molecule has 0 saturated carbocycles. The summed E-state index contributed by atoms with van der Waals surface area (Å²) >= 11 is 13.8. The highest BCUT2D eigenvalue weighted by molar-refractivity contribution is 6.37. The average Bonchev–Trinajstić information content (AvgIpc) is 2.17. The van der Waals surface area contributed by atoms with Gasteiger partial charge in [0.2, 0.25) is 11.8 Å². The summed E-state index contributed by atoms with van der Waals surface area (Å²) in [5.74, 6) is 1.86. The molecule has 0 spiro atoms. The maximum absolute atomic E-state index is 15.7. The van der Waals surface area contributed by atoms with Crippen LogP contribution in [0, 0.1) is 5.92 Å². The van der Waals surface area contributed by atoms with Crippen molar-refractivity contribution in [3.63, 3.8) is 0 Å². The van der Waals surface area contributed by atoms with E-state index >= 15 is 4.39 Å². The molecule has 0 radical (unpaired) electrons. The molecule has 10 aliphatic heterocycles. The molecular formula is C68H75Cl2FN12O4. The Kier molecular flexibility index (Phi) is 14.1. The van der Waals surface area contributed by atoms with Crippen LogP contribution in [-0.2, 0) is 35.5 Å². The van der Waals surface area contributed by atoms with E-state index in [4.69, 9.17) is 52.6 Å². The topological polar surface area (TPSA) is 130 Å². The van der Waals surface area contributed by atoms with Crippen LogP contribution in [0.1, 0.15) is 86.7 Å². The van der Waals surface area contributed by atoms with Gasteiger partial charge >= 0.3 is 12.0 Å². The molecule has 0 aliphatic carbocycles. The summed E-state index contributed by atoms with van der Waals surface area (Å²) in [6, 6.07) is 25.9. The number of hydrogen-bond acceptors (Lipinski definition) is 14. The lowest BCUT2D eigenvalue weighted by molar-refractivity contribution is -0.127. The number of alkyl halides is 1. The molecule has 12 heterocycles. The number of carbonyl (C=O) groups excluding carboxylic acids is 2. The van der Waals surface area contributed by atoms with E-state index in [-0.39, 0.29) is 60.1 Å². The van der Waals surface area contributed by atoms with Gasteiger partial charge in [-0.3, -0.25) is 19.4 Å². The number of hydrogen-bond donors (Lipinski definition) is 0. The maximum atomic E-state index is 15.7. The normalized spacial score (nSPS) is 27.4. The first-order valence-corrected chi connectivity index (χ1v) is 32.7. The Morgan fingerprint density at radius 1 is 0.598 bits per heavy atom. The molecule has 0 N–H and O–H groups in total. The van der Waals surface area contributed by atoms with Crippen LogP contribution < -0.4 is 29.1 Å². The lowest BCUT2D eigenvalue weighted by Gasteiger charge is -2.35. The van der Waals surface area contributed by atoms with Crippen molar-refractivity contribution in [1.82, 2.24) is 39.5 Å². The van der Waals surface area contributed by atoms with Crippen molar-refractivity contribution in [3.05, 3.63) is 130 Å². The van der Waals surface area contributed by atoms with Crippen LogP contribution >= 0.6 is 23.2 Å². The molecule has 7 atom stereocenters. The standard InChI is InChI=1S/C68H75Cl2FN12O4/c1-2-59(84)80-31-21-55-53(80)23-33-82(55)64-48-20-30-77(58-16-6-12-45-10-4-14-50(70)62(45)58)40-52(48)73-66(75-64)87-42-68-35-43(37-79(68)38-46(71)36-68)17-18-60(85)81-32-22-56-54(81)24-34-83(56)63-47-19-29-76(57-15-5-11-44-9-3-13-49(69)61(44)57)39-51(47)72-65(74-63)86-41-67-25-7-27-78(67)28-8-26-67/h2-6,9-18,43,46,53-56H,1,7-8,19-42H2/b18-17+/t43?,46-,53+,54-,55+,56+,68+/m1/s1. The van der Waals surface area contributed by atoms with E-state index in [1.165, 1.54) is 24.5 Å². The van der Waals surface area contributed by atoms with Crippen LogP contribution in [0.2, 0.25) is 10.0 Å². The van der Waals surface area contributed by atoms with E-state index < -0.39 is 11.7 Å². The number of fused-ring (bicyclic) bond motifs is 8. The fraction of sp³-hybridized carbons (Fsp3) is 0.500. The van der Waals surface area contributed by atoms with Gasteiger partial charge in [0.25, 0.3) is 0 Å². The molecule has 10 aliphatic rings. The lowest BCUT2D eigenvalue weighted by atomic mass is 9.90. The number of nitrogens with zero attached hydrogens (tertiary/aromatic N) is 12. The molecule has 16 nitrogen and oxygen atoms in total. The van der Waals surface area contributed by atoms with Gasteiger partial charge in [0, 0.05) is 92.1 Å². The van der Waals surface area contributed by atoms with Crippen LogP contribution in [0.15, 0.2) is 97.6 Å². The predicted octanol–water partition coefficient (Wildman–Crippen LogP) is 10.00. The summed E-state index contributed by atoms with van der Waals surface area (Å²) in [6.45, 7) is 13.4.